The fourth-order valence-corrected chi connectivity index (χ4v) is 10.4. The molecule has 2 N–H and O–H groups in total. The summed E-state index contributed by atoms with van der Waals surface area (Å²) in [6, 6.07) is 76.7. The van der Waals surface area contributed by atoms with Gasteiger partial charge >= 0.3 is 11.9 Å². The van der Waals surface area contributed by atoms with Gasteiger partial charge in [-0.15, -0.1) is 0 Å². The number of benzene rings is 8. The number of halogens is 2. The van der Waals surface area contributed by atoms with Crippen LogP contribution in [0.25, 0.3) is 0 Å². The summed E-state index contributed by atoms with van der Waals surface area (Å²) in [6.07, 6.45) is 0. The second-order valence-electron chi connectivity index (χ2n) is 12.3. The number of carboxylic acid groups (broad SMARTS) is 2. The minimum absolute atomic E-state index is 0. The summed E-state index contributed by atoms with van der Waals surface area (Å²) in [5.74, 6) is -1.87. The summed E-state index contributed by atoms with van der Waals surface area (Å²) in [5.41, 5.74) is 0.508. The Bertz CT molecular complexity index is 2060. The van der Waals surface area contributed by atoms with Crippen molar-refractivity contribution in [3.8, 4) is 0 Å². The van der Waals surface area contributed by atoms with Crippen molar-refractivity contribution >= 4 is 89.6 Å². The zero-order valence-corrected chi connectivity index (χ0v) is 37.8. The molecular formula is C51H42Cl2O5P2Ru. The van der Waals surface area contributed by atoms with Gasteiger partial charge in [0.25, 0.3) is 0 Å². The van der Waals surface area contributed by atoms with Gasteiger partial charge in [-0.1, -0.05) is 205 Å². The van der Waals surface area contributed by atoms with Gasteiger partial charge in [0.2, 0.25) is 0 Å². The van der Waals surface area contributed by atoms with Crippen molar-refractivity contribution in [2.75, 3.05) is 0 Å². The Labute approximate surface area is 383 Å². The molecule has 0 amide bonds. The number of hydrogen-bond acceptors (Lipinski definition) is 3. The van der Waals surface area contributed by atoms with E-state index in [1.807, 2.05) is 6.79 Å². The van der Waals surface area contributed by atoms with Crippen LogP contribution in [-0.2, 0) is 24.3 Å². The van der Waals surface area contributed by atoms with E-state index in [0.29, 0.717) is 10.0 Å². The largest absolute Gasteiger partial charge is 0.478 e. The molecule has 0 radical (unpaired) electrons. The minimum atomic E-state index is -0.934. The van der Waals surface area contributed by atoms with E-state index >= 15 is 0 Å². The molecule has 5 nitrogen and oxygen atoms in total. The fraction of sp³-hybridized carbons (Fsp3) is 0. The quantitative estimate of drug-likeness (QED) is 0.117. The van der Waals surface area contributed by atoms with E-state index in [0.717, 1.165) is 0 Å². The average Bonchev–Trinajstić information content (AvgIpc) is 3.30. The molecule has 8 aromatic rings. The first kappa shape index (κ1) is 49.8. The number of carbonyl (C=O) groups is 3. The first-order valence-electron chi connectivity index (χ1n) is 18.5. The number of rotatable bonds is 8. The third-order valence-corrected chi connectivity index (χ3v) is 13.7. The molecule has 8 rings (SSSR count). The van der Waals surface area contributed by atoms with E-state index in [2.05, 4.69) is 182 Å². The summed E-state index contributed by atoms with van der Waals surface area (Å²) in [4.78, 5) is 28.5. The number of carbonyl (C=O) groups excluding carboxylic acids is 1. The van der Waals surface area contributed by atoms with Gasteiger partial charge in [0, 0.05) is 29.5 Å². The van der Waals surface area contributed by atoms with Crippen LogP contribution < -0.4 is 31.8 Å². The van der Waals surface area contributed by atoms with Crippen molar-refractivity contribution in [3.63, 3.8) is 0 Å². The first-order valence-corrected chi connectivity index (χ1v) is 21.9. The summed E-state index contributed by atoms with van der Waals surface area (Å²) < 4.78 is 0. The van der Waals surface area contributed by atoms with Crippen LogP contribution >= 0.6 is 39.0 Å². The molecule has 0 fully saturated rings. The van der Waals surface area contributed by atoms with E-state index in [9.17, 15) is 9.59 Å². The van der Waals surface area contributed by atoms with Gasteiger partial charge in [-0.2, -0.15) is 0 Å². The Balaban J connectivity index is 0.000000222. The predicted octanol–water partition coefficient (Wildman–Crippen LogP) is 10.8. The molecule has 0 bridgehead atoms. The maximum Gasteiger partial charge on any atom is 0.335 e. The van der Waals surface area contributed by atoms with Gasteiger partial charge in [-0.3, -0.25) is 0 Å². The summed E-state index contributed by atoms with van der Waals surface area (Å²) in [6.45, 7) is 2.00. The maximum absolute atomic E-state index is 10.3. The van der Waals surface area contributed by atoms with E-state index in [1.165, 1.54) is 56.1 Å². The monoisotopic (exact) mass is 968 g/mol. The van der Waals surface area contributed by atoms with Crippen molar-refractivity contribution in [3.05, 3.63) is 252 Å². The Kier molecular flexibility index (Phi) is 22.9. The molecule has 0 saturated heterocycles. The third kappa shape index (κ3) is 16.8. The van der Waals surface area contributed by atoms with Gasteiger partial charge in [-0.05, 0) is 96.2 Å². The van der Waals surface area contributed by atoms with Gasteiger partial charge in [0.15, 0.2) is 0 Å². The molecule has 0 aliphatic heterocycles. The summed E-state index contributed by atoms with van der Waals surface area (Å²) in [5, 5.41) is 26.3. The number of carboxylic acids is 2. The third-order valence-electron chi connectivity index (χ3n) is 8.27. The molecule has 8 aromatic carbocycles. The standard InChI is InChI=1S/2C18H15P.2C7H5ClO2.CH2O.Ru/c2*1-4-10-16(11-5-1)19(17-12-6-2-7-13-17)18-14-8-3-9-15-18;2*8-6-3-1-5(2-4-6)7(9)10;1-2;/h2*1-15H;2*1-4H,(H,9,10);1H2;. The molecule has 0 atom stereocenters. The fourth-order valence-electron chi connectivity index (χ4n) is 5.54. The topological polar surface area (TPSA) is 91.7 Å². The second kappa shape index (κ2) is 28.1. The molecule has 61 heavy (non-hydrogen) atoms. The van der Waals surface area contributed by atoms with Gasteiger partial charge in [0.1, 0.15) is 6.79 Å². The van der Waals surface area contributed by atoms with Crippen molar-refractivity contribution in [1.82, 2.24) is 0 Å². The first-order chi connectivity index (χ1) is 29.3. The number of hydrogen-bond donors (Lipinski definition) is 2. The average molecular weight is 969 g/mol. The van der Waals surface area contributed by atoms with Crippen LogP contribution in [0, 0.1) is 0 Å². The Morgan fingerprint density at radius 3 is 0.639 bits per heavy atom. The SMILES string of the molecule is C=O.O=C(O)c1ccc(Cl)cc1.O=C(O)c1ccc(Cl)cc1.[Ru].c1ccc(P(c2ccccc2)c2ccccc2)cc1.c1ccc(P(c2ccccc2)c2ccccc2)cc1. The Morgan fingerprint density at radius 2 is 0.492 bits per heavy atom. The summed E-state index contributed by atoms with van der Waals surface area (Å²) in [7, 11) is -0.892. The maximum atomic E-state index is 10.3. The van der Waals surface area contributed by atoms with Crippen molar-refractivity contribution in [2.45, 2.75) is 0 Å². The van der Waals surface area contributed by atoms with E-state index in [1.54, 1.807) is 24.3 Å². The number of aromatic carboxylic acids is 2. The van der Waals surface area contributed by atoms with Crippen LogP contribution in [-0.4, -0.2) is 28.9 Å². The molecule has 10 heteroatoms. The van der Waals surface area contributed by atoms with Crippen LogP contribution in [0.3, 0.4) is 0 Å². The molecule has 0 saturated carbocycles. The van der Waals surface area contributed by atoms with E-state index < -0.39 is 27.8 Å². The van der Waals surface area contributed by atoms with Gasteiger partial charge in [-0.25, -0.2) is 9.59 Å². The molecule has 0 heterocycles. The van der Waals surface area contributed by atoms with E-state index in [-0.39, 0.29) is 30.6 Å². The van der Waals surface area contributed by atoms with Crippen molar-refractivity contribution in [2.24, 2.45) is 0 Å². The molecule has 0 aliphatic carbocycles. The van der Waals surface area contributed by atoms with Crippen LogP contribution in [0.2, 0.25) is 10.0 Å². The molecule has 308 valence electrons. The Hall–Kier alpha value is -5.57. The molecule has 0 spiro atoms. The Morgan fingerprint density at radius 1 is 0.328 bits per heavy atom. The minimum Gasteiger partial charge on any atom is -0.478 e. The van der Waals surface area contributed by atoms with Gasteiger partial charge < -0.3 is 15.0 Å². The zero-order chi connectivity index (χ0) is 43.0. The van der Waals surface area contributed by atoms with Gasteiger partial charge in [0.05, 0.1) is 11.1 Å². The molecule has 0 aliphatic rings. The van der Waals surface area contributed by atoms with Crippen LogP contribution in [0.4, 0.5) is 0 Å². The van der Waals surface area contributed by atoms with Crippen LogP contribution in [0.1, 0.15) is 20.7 Å². The van der Waals surface area contributed by atoms with Crippen LogP contribution in [0.5, 0.6) is 0 Å². The molecular weight excluding hydrogens is 926 g/mol. The zero-order valence-electron chi connectivity index (χ0n) is 32.8. The summed E-state index contributed by atoms with van der Waals surface area (Å²) >= 11 is 11.0. The predicted molar refractivity (Wildman–Crippen MR) is 254 cm³/mol. The van der Waals surface area contributed by atoms with E-state index in [4.69, 9.17) is 38.2 Å². The van der Waals surface area contributed by atoms with Crippen molar-refractivity contribution < 1.29 is 44.1 Å². The molecule has 0 aromatic heterocycles. The van der Waals surface area contributed by atoms with Crippen LogP contribution in [0.15, 0.2) is 231 Å². The second-order valence-corrected chi connectivity index (χ2v) is 17.6. The molecule has 0 unspecified atom stereocenters. The smallest absolute Gasteiger partial charge is 0.335 e. The van der Waals surface area contributed by atoms with Crippen molar-refractivity contribution in [1.29, 1.82) is 0 Å². The normalized spacial score (nSPS) is 9.70.